The van der Waals surface area contributed by atoms with Crippen LogP contribution in [0.2, 0.25) is 0 Å². The molecule has 68 valence electrons. The molecule has 0 unspecified atom stereocenters. The fraction of sp³-hybridized carbons (Fsp3) is 0.333. The van der Waals surface area contributed by atoms with Crippen LogP contribution in [-0.4, -0.2) is 15.8 Å². The molecular formula is C6H9O5P. The molecule has 12 heavy (non-hydrogen) atoms. The van der Waals surface area contributed by atoms with Gasteiger partial charge in [0, 0.05) is 0 Å². The van der Waals surface area contributed by atoms with Gasteiger partial charge in [0.15, 0.2) is 0 Å². The summed E-state index contributed by atoms with van der Waals surface area (Å²) in [7, 11) is -4.72. The van der Waals surface area contributed by atoms with E-state index in [0.717, 1.165) is 0 Å². The molecule has 0 aliphatic carbocycles. The average Bonchev–Trinajstić information content (AvgIpc) is 1.84. The van der Waals surface area contributed by atoms with E-state index in [-0.39, 0.29) is 5.57 Å². The predicted molar refractivity (Wildman–Crippen MR) is 41.1 cm³/mol. The summed E-state index contributed by atoms with van der Waals surface area (Å²) >= 11 is 0. The first-order chi connectivity index (χ1) is 5.37. The minimum Gasteiger partial charge on any atom is -0.367 e. The highest BCUT2D eigenvalue weighted by Gasteiger charge is 2.20. The summed E-state index contributed by atoms with van der Waals surface area (Å²) in [6, 6.07) is 0. The van der Waals surface area contributed by atoms with Gasteiger partial charge in [0.1, 0.15) is 0 Å². The summed E-state index contributed by atoms with van der Waals surface area (Å²) in [6.45, 7) is 2.96. The first-order valence-electron chi connectivity index (χ1n) is 3.04. The van der Waals surface area contributed by atoms with Crippen LogP contribution in [0.3, 0.4) is 0 Å². The third kappa shape index (κ3) is 4.88. The molecule has 0 aromatic heterocycles. The largest absolute Gasteiger partial charge is 0.527 e. The zero-order chi connectivity index (χ0) is 9.78. The second-order valence-electron chi connectivity index (χ2n) is 1.93. The van der Waals surface area contributed by atoms with E-state index < -0.39 is 13.8 Å². The minimum absolute atomic E-state index is 0.0147. The molecule has 0 rings (SSSR count). The molecule has 0 saturated carbocycles. The lowest BCUT2D eigenvalue weighted by Gasteiger charge is -2.02. The number of phosphoric ester groups is 1. The van der Waals surface area contributed by atoms with Crippen molar-refractivity contribution < 1.29 is 23.7 Å². The van der Waals surface area contributed by atoms with Gasteiger partial charge in [-0.1, -0.05) is 0 Å². The highest BCUT2D eigenvalue weighted by molar-refractivity contribution is 7.46. The van der Waals surface area contributed by atoms with Crippen LogP contribution in [0.15, 0.2) is 17.4 Å². The standard InChI is InChI=1S/C6H9O5P/c1-3-4-5(2)6(7)11-12(8,9)10/h3H,1-2H3,(H2,8,9,10). The van der Waals surface area contributed by atoms with Crippen molar-refractivity contribution in [1.29, 1.82) is 0 Å². The molecule has 0 aliphatic heterocycles. The molecular weight excluding hydrogens is 183 g/mol. The Morgan fingerprint density at radius 1 is 1.58 bits per heavy atom. The van der Waals surface area contributed by atoms with Gasteiger partial charge >= 0.3 is 13.8 Å². The maximum atomic E-state index is 10.7. The number of phosphoric acid groups is 1. The number of carbonyl (C=O) groups is 1. The Bertz CT molecular complexity index is 280. The van der Waals surface area contributed by atoms with Crippen molar-refractivity contribution in [1.82, 2.24) is 0 Å². The van der Waals surface area contributed by atoms with Crippen LogP contribution in [0.5, 0.6) is 0 Å². The Labute approximate surface area is 69.6 Å². The van der Waals surface area contributed by atoms with Crippen LogP contribution in [0.1, 0.15) is 13.8 Å². The zero-order valence-corrected chi connectivity index (χ0v) is 7.54. The van der Waals surface area contributed by atoms with Gasteiger partial charge in [-0.3, -0.25) is 9.79 Å². The molecule has 0 aromatic rings. The molecule has 0 aliphatic rings. The average molecular weight is 192 g/mol. The van der Waals surface area contributed by atoms with Gasteiger partial charge in [0.25, 0.3) is 0 Å². The summed E-state index contributed by atoms with van der Waals surface area (Å²) in [5.41, 5.74) is 2.46. The predicted octanol–water partition coefficient (Wildman–Crippen LogP) is 0.744. The number of rotatable bonds is 2. The van der Waals surface area contributed by atoms with Gasteiger partial charge in [-0.05, 0) is 19.9 Å². The maximum Gasteiger partial charge on any atom is 0.527 e. The quantitative estimate of drug-likeness (QED) is 0.383. The third-order valence-corrected chi connectivity index (χ3v) is 1.27. The summed E-state index contributed by atoms with van der Waals surface area (Å²) in [5, 5.41) is 0. The Morgan fingerprint density at radius 2 is 2.08 bits per heavy atom. The lowest BCUT2D eigenvalue weighted by Crippen LogP contribution is -2.02. The fourth-order valence-corrected chi connectivity index (χ4v) is 0.805. The minimum atomic E-state index is -4.72. The van der Waals surface area contributed by atoms with E-state index in [9.17, 15) is 9.36 Å². The molecule has 6 heteroatoms. The van der Waals surface area contributed by atoms with Crippen molar-refractivity contribution >= 4 is 13.8 Å². The van der Waals surface area contributed by atoms with Crippen molar-refractivity contribution in [3.8, 4) is 0 Å². The molecule has 0 fully saturated rings. The first-order valence-corrected chi connectivity index (χ1v) is 4.57. The monoisotopic (exact) mass is 192 g/mol. The molecule has 0 radical (unpaired) electrons. The Morgan fingerprint density at radius 3 is 2.42 bits per heavy atom. The lowest BCUT2D eigenvalue weighted by atomic mass is 10.3. The fourth-order valence-electron chi connectivity index (χ4n) is 0.452. The van der Waals surface area contributed by atoms with Crippen LogP contribution >= 0.6 is 7.82 Å². The molecule has 0 saturated heterocycles. The van der Waals surface area contributed by atoms with Crippen LogP contribution in [0, 0.1) is 0 Å². The topological polar surface area (TPSA) is 83.8 Å². The first kappa shape index (κ1) is 11.1. The highest BCUT2D eigenvalue weighted by atomic mass is 31.2. The van der Waals surface area contributed by atoms with Gasteiger partial charge < -0.3 is 4.52 Å². The maximum absolute atomic E-state index is 10.7. The molecule has 0 amide bonds. The van der Waals surface area contributed by atoms with Crippen molar-refractivity contribution in [2.24, 2.45) is 0 Å². The van der Waals surface area contributed by atoms with E-state index in [1.807, 2.05) is 0 Å². The third-order valence-electron chi connectivity index (χ3n) is 0.869. The van der Waals surface area contributed by atoms with Crippen LogP contribution in [-0.2, 0) is 13.9 Å². The molecule has 0 heterocycles. The zero-order valence-electron chi connectivity index (χ0n) is 6.64. The van der Waals surface area contributed by atoms with E-state index in [0.29, 0.717) is 0 Å². The summed E-state index contributed by atoms with van der Waals surface area (Å²) in [5.74, 6) is -1.07. The normalized spacial score (nSPS) is 10.0. The van der Waals surface area contributed by atoms with Crippen LogP contribution < -0.4 is 0 Å². The Hall–Kier alpha value is -0.860. The second-order valence-corrected chi connectivity index (χ2v) is 3.09. The number of hydrogen-bond acceptors (Lipinski definition) is 3. The van der Waals surface area contributed by atoms with Crippen molar-refractivity contribution in [2.45, 2.75) is 13.8 Å². The molecule has 0 atom stereocenters. The second kappa shape index (κ2) is 4.24. The van der Waals surface area contributed by atoms with E-state index in [1.54, 1.807) is 6.92 Å². The molecule has 0 bridgehead atoms. The molecule has 2 N–H and O–H groups in total. The van der Waals surface area contributed by atoms with Gasteiger partial charge in [0.2, 0.25) is 0 Å². The smallest absolute Gasteiger partial charge is 0.367 e. The van der Waals surface area contributed by atoms with Crippen molar-refractivity contribution in [3.05, 3.63) is 17.4 Å². The Kier molecular flexibility index (Phi) is 3.93. The number of carbonyl (C=O) groups excluding carboxylic acids is 1. The van der Waals surface area contributed by atoms with Gasteiger partial charge in [-0.15, -0.1) is 5.73 Å². The van der Waals surface area contributed by atoms with E-state index >= 15 is 0 Å². The van der Waals surface area contributed by atoms with E-state index in [2.05, 4.69) is 10.3 Å². The molecule has 0 aromatic carbocycles. The SMILES string of the molecule is CC=C=C(C)C(=O)OP(=O)(O)O. The van der Waals surface area contributed by atoms with Gasteiger partial charge in [0.05, 0.1) is 5.57 Å². The Balaban J connectivity index is 4.46. The van der Waals surface area contributed by atoms with Crippen molar-refractivity contribution in [3.63, 3.8) is 0 Å². The van der Waals surface area contributed by atoms with Gasteiger partial charge in [-0.2, -0.15) is 0 Å². The van der Waals surface area contributed by atoms with Crippen molar-refractivity contribution in [2.75, 3.05) is 0 Å². The van der Waals surface area contributed by atoms with E-state index in [4.69, 9.17) is 9.79 Å². The summed E-state index contributed by atoms with van der Waals surface area (Å²) < 4.78 is 13.9. The van der Waals surface area contributed by atoms with Crippen LogP contribution in [0.25, 0.3) is 0 Å². The summed E-state index contributed by atoms with van der Waals surface area (Å²) in [4.78, 5) is 27.2. The number of hydrogen-bond donors (Lipinski definition) is 2. The molecule has 0 spiro atoms. The van der Waals surface area contributed by atoms with Gasteiger partial charge in [-0.25, -0.2) is 9.36 Å². The summed E-state index contributed by atoms with van der Waals surface area (Å²) in [6.07, 6.45) is 1.44. The molecule has 5 nitrogen and oxygen atoms in total. The highest BCUT2D eigenvalue weighted by Crippen LogP contribution is 2.36. The van der Waals surface area contributed by atoms with Crippen LogP contribution in [0.4, 0.5) is 0 Å². The van der Waals surface area contributed by atoms with E-state index in [1.165, 1.54) is 13.0 Å². The lowest BCUT2D eigenvalue weighted by molar-refractivity contribution is -0.131.